The molecule has 0 aliphatic heterocycles. The van der Waals surface area contributed by atoms with Crippen LogP contribution >= 0.6 is 27.5 Å². The van der Waals surface area contributed by atoms with Crippen molar-refractivity contribution < 1.29 is 14.6 Å². The normalized spacial score (nSPS) is 10.5. The van der Waals surface area contributed by atoms with E-state index in [1.807, 2.05) is 0 Å². The van der Waals surface area contributed by atoms with E-state index in [4.69, 9.17) is 16.3 Å². The van der Waals surface area contributed by atoms with E-state index in [-0.39, 0.29) is 11.6 Å². The Morgan fingerprint density at radius 3 is 3.00 bits per heavy atom. The molecule has 2 N–H and O–H groups in total. The summed E-state index contributed by atoms with van der Waals surface area (Å²) in [6, 6.07) is 3.21. The largest absolute Gasteiger partial charge is 0.503 e. The van der Waals surface area contributed by atoms with Gasteiger partial charge in [-0.15, -0.1) is 11.6 Å². The maximum absolute atomic E-state index is 10.8. The van der Waals surface area contributed by atoms with Gasteiger partial charge in [0.25, 0.3) is 5.91 Å². The number of amides is 1. The SMILES string of the molecule is COc1cc(/C=N\NC(=O)CCl)cc(Br)c1O. The molecule has 0 atom stereocenters. The lowest BCUT2D eigenvalue weighted by atomic mass is 10.2. The second kappa shape index (κ2) is 6.46. The number of carbonyl (C=O) groups excluding carboxylic acids is 1. The molecule has 0 saturated heterocycles. The summed E-state index contributed by atoms with van der Waals surface area (Å²) < 4.78 is 5.44. The molecule has 0 aromatic heterocycles. The number of phenols is 1. The quantitative estimate of drug-likeness (QED) is 0.505. The first-order valence-electron chi connectivity index (χ1n) is 4.53. The average Bonchev–Trinajstić information content (AvgIpc) is 2.33. The molecule has 5 nitrogen and oxygen atoms in total. The molecule has 17 heavy (non-hydrogen) atoms. The minimum Gasteiger partial charge on any atom is -0.503 e. The fourth-order valence-corrected chi connectivity index (χ4v) is 1.55. The van der Waals surface area contributed by atoms with Crippen molar-refractivity contribution in [3.8, 4) is 11.5 Å². The number of carbonyl (C=O) groups is 1. The second-order valence-corrected chi connectivity index (χ2v) is 4.10. The van der Waals surface area contributed by atoms with Crippen molar-refractivity contribution >= 4 is 39.7 Å². The van der Waals surface area contributed by atoms with Crippen molar-refractivity contribution in [2.45, 2.75) is 0 Å². The number of hydrazone groups is 1. The lowest BCUT2D eigenvalue weighted by molar-refractivity contribution is -0.118. The molecule has 0 radical (unpaired) electrons. The van der Waals surface area contributed by atoms with Gasteiger partial charge < -0.3 is 9.84 Å². The Bertz CT molecular complexity index is 451. The van der Waals surface area contributed by atoms with E-state index < -0.39 is 5.91 Å². The number of phenolic OH excluding ortho intramolecular Hbond substituents is 1. The van der Waals surface area contributed by atoms with E-state index in [9.17, 15) is 9.90 Å². The van der Waals surface area contributed by atoms with Gasteiger partial charge in [-0.1, -0.05) is 0 Å². The van der Waals surface area contributed by atoms with Gasteiger partial charge in [-0.05, 0) is 33.6 Å². The Labute approximate surface area is 112 Å². The van der Waals surface area contributed by atoms with Gasteiger partial charge >= 0.3 is 0 Å². The zero-order chi connectivity index (χ0) is 12.8. The van der Waals surface area contributed by atoms with Crippen LogP contribution in [0.15, 0.2) is 21.7 Å². The zero-order valence-corrected chi connectivity index (χ0v) is 11.2. The summed E-state index contributed by atoms with van der Waals surface area (Å²) >= 11 is 8.45. The maximum atomic E-state index is 10.8. The Morgan fingerprint density at radius 2 is 2.41 bits per heavy atom. The summed E-state index contributed by atoms with van der Waals surface area (Å²) in [7, 11) is 1.44. The van der Waals surface area contributed by atoms with E-state index in [2.05, 4.69) is 26.5 Å². The van der Waals surface area contributed by atoms with Crippen LogP contribution < -0.4 is 10.2 Å². The number of nitrogens with zero attached hydrogens (tertiary/aromatic N) is 1. The zero-order valence-electron chi connectivity index (χ0n) is 8.91. The second-order valence-electron chi connectivity index (χ2n) is 2.98. The van der Waals surface area contributed by atoms with Gasteiger partial charge in [-0.2, -0.15) is 5.10 Å². The molecule has 7 heteroatoms. The van der Waals surface area contributed by atoms with E-state index in [0.717, 1.165) is 0 Å². The Morgan fingerprint density at radius 1 is 1.71 bits per heavy atom. The number of ether oxygens (including phenoxy) is 1. The minimum absolute atomic E-state index is 0.00874. The van der Waals surface area contributed by atoms with E-state index >= 15 is 0 Å². The van der Waals surface area contributed by atoms with Crippen LogP contribution in [0, 0.1) is 0 Å². The third-order valence-corrected chi connectivity index (χ3v) is 2.64. The summed E-state index contributed by atoms with van der Waals surface area (Å²) in [5.74, 6) is -0.230. The van der Waals surface area contributed by atoms with Crippen molar-refractivity contribution in [2.75, 3.05) is 13.0 Å². The molecule has 1 aromatic carbocycles. The first-order chi connectivity index (χ1) is 8.08. The van der Waals surface area contributed by atoms with Crippen LogP contribution in [0.25, 0.3) is 0 Å². The van der Waals surface area contributed by atoms with Gasteiger partial charge in [-0.25, -0.2) is 5.43 Å². The molecule has 0 fully saturated rings. The van der Waals surface area contributed by atoms with Crippen LogP contribution in [0.3, 0.4) is 0 Å². The Hall–Kier alpha value is -1.27. The Balaban J connectivity index is 2.85. The van der Waals surface area contributed by atoms with Crippen LogP contribution in [-0.2, 0) is 4.79 Å². The molecule has 0 heterocycles. The topological polar surface area (TPSA) is 70.9 Å². The molecule has 0 bridgehead atoms. The highest BCUT2D eigenvalue weighted by atomic mass is 79.9. The fourth-order valence-electron chi connectivity index (χ4n) is 1.03. The summed E-state index contributed by atoms with van der Waals surface area (Å²) in [6.07, 6.45) is 1.41. The van der Waals surface area contributed by atoms with Crippen molar-refractivity contribution in [2.24, 2.45) is 5.10 Å². The molecule has 0 spiro atoms. The first-order valence-corrected chi connectivity index (χ1v) is 5.85. The highest BCUT2D eigenvalue weighted by Crippen LogP contribution is 2.34. The third-order valence-electron chi connectivity index (χ3n) is 1.79. The number of benzene rings is 1. The lowest BCUT2D eigenvalue weighted by Crippen LogP contribution is -2.18. The molecule has 0 unspecified atom stereocenters. The number of hydrogen-bond acceptors (Lipinski definition) is 4. The monoisotopic (exact) mass is 320 g/mol. The summed E-state index contributed by atoms with van der Waals surface area (Å²) in [5.41, 5.74) is 2.89. The van der Waals surface area contributed by atoms with Crippen LogP contribution in [0.4, 0.5) is 0 Å². The summed E-state index contributed by atoms with van der Waals surface area (Å²) in [4.78, 5) is 10.8. The molecule has 1 rings (SSSR count). The highest BCUT2D eigenvalue weighted by Gasteiger charge is 2.07. The van der Waals surface area contributed by atoms with Gasteiger partial charge in [0.1, 0.15) is 5.88 Å². The van der Waals surface area contributed by atoms with Crippen molar-refractivity contribution in [1.82, 2.24) is 5.43 Å². The number of alkyl halides is 1. The molecule has 1 aromatic rings. The highest BCUT2D eigenvalue weighted by molar-refractivity contribution is 9.10. The minimum atomic E-state index is -0.396. The number of rotatable bonds is 4. The first kappa shape index (κ1) is 13.8. The molecule has 92 valence electrons. The number of nitrogens with one attached hydrogen (secondary N) is 1. The molecule has 1 amide bonds. The van der Waals surface area contributed by atoms with Crippen LogP contribution in [0.2, 0.25) is 0 Å². The van der Waals surface area contributed by atoms with E-state index in [1.54, 1.807) is 12.1 Å². The van der Waals surface area contributed by atoms with Crippen LogP contribution in [0.5, 0.6) is 11.5 Å². The van der Waals surface area contributed by atoms with E-state index in [0.29, 0.717) is 15.8 Å². The molecular formula is C10H10BrClN2O3. The summed E-state index contributed by atoms with van der Waals surface area (Å²) in [5, 5.41) is 13.3. The van der Waals surface area contributed by atoms with Gasteiger partial charge in [-0.3, -0.25) is 4.79 Å². The van der Waals surface area contributed by atoms with E-state index in [1.165, 1.54) is 13.3 Å². The summed E-state index contributed by atoms with van der Waals surface area (Å²) in [6.45, 7) is 0. The van der Waals surface area contributed by atoms with Crippen LogP contribution in [-0.4, -0.2) is 30.2 Å². The van der Waals surface area contributed by atoms with Gasteiger partial charge in [0.2, 0.25) is 0 Å². The van der Waals surface area contributed by atoms with Gasteiger partial charge in [0.15, 0.2) is 11.5 Å². The lowest BCUT2D eigenvalue weighted by Gasteiger charge is -2.06. The van der Waals surface area contributed by atoms with Gasteiger partial charge in [0.05, 0.1) is 17.8 Å². The predicted molar refractivity (Wildman–Crippen MR) is 68.8 cm³/mol. The van der Waals surface area contributed by atoms with Crippen molar-refractivity contribution in [1.29, 1.82) is 0 Å². The fraction of sp³-hybridized carbons (Fsp3) is 0.200. The number of methoxy groups -OCH3 is 1. The Kier molecular flexibility index (Phi) is 5.24. The average molecular weight is 322 g/mol. The smallest absolute Gasteiger partial charge is 0.254 e. The maximum Gasteiger partial charge on any atom is 0.254 e. The number of halogens is 2. The number of aromatic hydroxyl groups is 1. The van der Waals surface area contributed by atoms with Crippen molar-refractivity contribution in [3.63, 3.8) is 0 Å². The van der Waals surface area contributed by atoms with Crippen molar-refractivity contribution in [3.05, 3.63) is 22.2 Å². The molecule has 0 aliphatic rings. The van der Waals surface area contributed by atoms with Gasteiger partial charge in [0, 0.05) is 0 Å². The molecular weight excluding hydrogens is 311 g/mol. The van der Waals surface area contributed by atoms with Crippen LogP contribution in [0.1, 0.15) is 5.56 Å². The predicted octanol–water partition coefficient (Wildman–Crippen LogP) is 1.85. The number of hydrogen-bond donors (Lipinski definition) is 2. The third kappa shape index (κ3) is 3.90. The molecule has 0 aliphatic carbocycles. The standard InChI is InChI=1S/C10H10BrClN2O3/c1-17-8-3-6(2-7(11)10(8)16)5-13-14-9(15)4-12/h2-3,5,16H,4H2,1H3,(H,14,15)/b13-5-. The molecule has 0 saturated carbocycles.